The Hall–Kier alpha value is -1.79. The van der Waals surface area contributed by atoms with E-state index in [9.17, 15) is 14.4 Å². The number of nitrogens with one attached hydrogen (secondary N) is 2. The second kappa shape index (κ2) is 6.96. The predicted molar refractivity (Wildman–Crippen MR) is 70.7 cm³/mol. The zero-order valence-electron chi connectivity index (χ0n) is 12.1. The number of amides is 3. The Bertz CT molecular complexity index is 349. The van der Waals surface area contributed by atoms with Crippen LogP contribution in [0.3, 0.4) is 0 Å². The van der Waals surface area contributed by atoms with Gasteiger partial charge >= 0.3 is 12.0 Å². The second-order valence-corrected chi connectivity index (χ2v) is 5.27. The molecule has 0 bridgehead atoms. The van der Waals surface area contributed by atoms with Crippen molar-refractivity contribution in [3.8, 4) is 0 Å². The molecule has 0 aliphatic heterocycles. The molecule has 0 saturated heterocycles. The first-order valence-electron chi connectivity index (χ1n) is 6.12. The standard InChI is InChI=1S/C12H23N3O4/c1-6-15(7-8(16)13-5)11(19)14-9(10(17)18)12(2,3)4/h9H,6-7H2,1-5H3,(H,13,16)(H,14,19)(H,17,18). The molecule has 0 rings (SSSR count). The lowest BCUT2D eigenvalue weighted by Gasteiger charge is -2.30. The zero-order chi connectivity index (χ0) is 15.2. The number of rotatable bonds is 5. The number of carbonyl (C=O) groups is 3. The average molecular weight is 273 g/mol. The molecule has 19 heavy (non-hydrogen) atoms. The van der Waals surface area contributed by atoms with Crippen LogP contribution < -0.4 is 10.6 Å². The maximum Gasteiger partial charge on any atom is 0.326 e. The summed E-state index contributed by atoms with van der Waals surface area (Å²) in [6.45, 7) is 7.10. The second-order valence-electron chi connectivity index (χ2n) is 5.27. The maximum absolute atomic E-state index is 12.0. The summed E-state index contributed by atoms with van der Waals surface area (Å²) >= 11 is 0. The minimum atomic E-state index is -1.10. The van der Waals surface area contributed by atoms with Crippen molar-refractivity contribution in [3.05, 3.63) is 0 Å². The van der Waals surface area contributed by atoms with Crippen LogP contribution in [0.25, 0.3) is 0 Å². The van der Waals surface area contributed by atoms with Crippen LogP contribution in [0.4, 0.5) is 4.79 Å². The van der Waals surface area contributed by atoms with E-state index in [1.807, 2.05) is 0 Å². The molecule has 3 amide bonds. The smallest absolute Gasteiger partial charge is 0.326 e. The van der Waals surface area contributed by atoms with Crippen molar-refractivity contribution in [2.75, 3.05) is 20.1 Å². The fourth-order valence-corrected chi connectivity index (χ4v) is 1.44. The number of aliphatic carboxylic acids is 1. The Labute approximate surface area is 113 Å². The molecule has 0 aromatic carbocycles. The Morgan fingerprint density at radius 2 is 1.79 bits per heavy atom. The summed E-state index contributed by atoms with van der Waals surface area (Å²) in [4.78, 5) is 35.6. The van der Waals surface area contributed by atoms with Crippen LogP contribution in [0.5, 0.6) is 0 Å². The summed E-state index contributed by atoms with van der Waals surface area (Å²) in [6, 6.07) is -1.58. The lowest BCUT2D eigenvalue weighted by Crippen LogP contribution is -2.54. The van der Waals surface area contributed by atoms with Gasteiger partial charge in [0.15, 0.2) is 0 Å². The van der Waals surface area contributed by atoms with Crippen LogP contribution in [0.1, 0.15) is 27.7 Å². The number of carboxylic acid groups (broad SMARTS) is 1. The maximum atomic E-state index is 12.0. The van der Waals surface area contributed by atoms with Crippen LogP contribution >= 0.6 is 0 Å². The highest BCUT2D eigenvalue weighted by molar-refractivity contribution is 5.86. The van der Waals surface area contributed by atoms with E-state index in [4.69, 9.17) is 5.11 Å². The van der Waals surface area contributed by atoms with E-state index in [-0.39, 0.29) is 12.5 Å². The molecule has 0 aliphatic rings. The van der Waals surface area contributed by atoms with E-state index in [1.54, 1.807) is 27.7 Å². The fraction of sp³-hybridized carbons (Fsp3) is 0.750. The van der Waals surface area contributed by atoms with E-state index in [1.165, 1.54) is 11.9 Å². The molecular formula is C12H23N3O4. The van der Waals surface area contributed by atoms with Crippen molar-refractivity contribution in [2.45, 2.75) is 33.7 Å². The summed E-state index contributed by atoms with van der Waals surface area (Å²) in [7, 11) is 1.48. The van der Waals surface area contributed by atoms with Gasteiger partial charge in [-0.3, -0.25) is 4.79 Å². The van der Waals surface area contributed by atoms with E-state index >= 15 is 0 Å². The molecule has 0 aliphatic carbocycles. The zero-order valence-corrected chi connectivity index (χ0v) is 12.1. The van der Waals surface area contributed by atoms with Crippen molar-refractivity contribution >= 4 is 17.9 Å². The topological polar surface area (TPSA) is 98.7 Å². The van der Waals surface area contributed by atoms with Crippen LogP contribution in [0.2, 0.25) is 0 Å². The third-order valence-electron chi connectivity index (χ3n) is 2.66. The normalized spacial score (nSPS) is 12.5. The minimum absolute atomic E-state index is 0.102. The van der Waals surface area contributed by atoms with Crippen LogP contribution in [-0.2, 0) is 9.59 Å². The molecule has 0 spiro atoms. The molecule has 110 valence electrons. The number of carbonyl (C=O) groups excluding carboxylic acids is 2. The first-order valence-corrected chi connectivity index (χ1v) is 6.12. The Kier molecular flexibility index (Phi) is 6.31. The Morgan fingerprint density at radius 1 is 1.26 bits per heavy atom. The lowest BCUT2D eigenvalue weighted by atomic mass is 9.87. The predicted octanol–water partition coefficient (Wildman–Crippen LogP) is 0.263. The summed E-state index contributed by atoms with van der Waals surface area (Å²) in [5.41, 5.74) is -0.617. The number of hydrogen-bond donors (Lipinski definition) is 3. The molecule has 0 aromatic heterocycles. The molecule has 7 nitrogen and oxygen atoms in total. The van der Waals surface area contributed by atoms with Gasteiger partial charge in [-0.05, 0) is 12.3 Å². The Balaban J connectivity index is 4.79. The third-order valence-corrected chi connectivity index (χ3v) is 2.66. The van der Waals surface area contributed by atoms with Crippen molar-refractivity contribution in [1.29, 1.82) is 0 Å². The van der Waals surface area contributed by atoms with Crippen molar-refractivity contribution < 1.29 is 19.5 Å². The molecule has 0 saturated carbocycles. The van der Waals surface area contributed by atoms with Gasteiger partial charge in [-0.2, -0.15) is 0 Å². The van der Waals surface area contributed by atoms with Gasteiger partial charge in [-0.25, -0.2) is 9.59 Å². The highest BCUT2D eigenvalue weighted by atomic mass is 16.4. The average Bonchev–Trinajstić information content (AvgIpc) is 2.30. The molecule has 1 unspecified atom stereocenters. The van der Waals surface area contributed by atoms with Crippen molar-refractivity contribution in [3.63, 3.8) is 0 Å². The van der Waals surface area contributed by atoms with E-state index < -0.39 is 23.5 Å². The van der Waals surface area contributed by atoms with E-state index in [0.717, 1.165) is 0 Å². The number of likely N-dealkylation sites (N-methyl/N-ethyl adjacent to an activating group) is 2. The Morgan fingerprint density at radius 3 is 2.11 bits per heavy atom. The van der Waals surface area contributed by atoms with Gasteiger partial charge in [0.1, 0.15) is 12.6 Å². The summed E-state index contributed by atoms with van der Waals surface area (Å²) < 4.78 is 0. The van der Waals surface area contributed by atoms with Crippen LogP contribution in [0, 0.1) is 5.41 Å². The van der Waals surface area contributed by atoms with E-state index in [0.29, 0.717) is 6.54 Å². The minimum Gasteiger partial charge on any atom is -0.480 e. The third kappa shape index (κ3) is 5.58. The molecule has 0 aromatic rings. The number of carboxylic acids is 1. The summed E-state index contributed by atoms with van der Waals surface area (Å²) in [6.07, 6.45) is 0. The van der Waals surface area contributed by atoms with Gasteiger partial charge in [0.2, 0.25) is 5.91 Å². The van der Waals surface area contributed by atoms with E-state index in [2.05, 4.69) is 10.6 Å². The van der Waals surface area contributed by atoms with Crippen molar-refractivity contribution in [1.82, 2.24) is 15.5 Å². The SMILES string of the molecule is CCN(CC(=O)NC)C(=O)NC(C(=O)O)C(C)(C)C. The number of hydrogen-bond acceptors (Lipinski definition) is 3. The van der Waals surface area contributed by atoms with Crippen molar-refractivity contribution in [2.24, 2.45) is 5.41 Å². The molecule has 1 atom stereocenters. The lowest BCUT2D eigenvalue weighted by molar-refractivity contribution is -0.142. The molecular weight excluding hydrogens is 250 g/mol. The molecule has 0 heterocycles. The highest BCUT2D eigenvalue weighted by Gasteiger charge is 2.33. The molecule has 0 fully saturated rings. The van der Waals surface area contributed by atoms with Gasteiger partial charge in [0.25, 0.3) is 0 Å². The summed E-state index contributed by atoms with van der Waals surface area (Å²) in [5.74, 6) is -1.41. The van der Waals surface area contributed by atoms with Crippen LogP contribution in [0.15, 0.2) is 0 Å². The first-order chi connectivity index (χ1) is 8.63. The molecule has 7 heteroatoms. The molecule has 0 radical (unpaired) electrons. The van der Waals surface area contributed by atoms with Gasteiger partial charge in [0.05, 0.1) is 0 Å². The van der Waals surface area contributed by atoms with Gasteiger partial charge in [-0.15, -0.1) is 0 Å². The fourth-order valence-electron chi connectivity index (χ4n) is 1.44. The number of nitrogens with zero attached hydrogens (tertiary/aromatic N) is 1. The van der Waals surface area contributed by atoms with Gasteiger partial charge in [-0.1, -0.05) is 20.8 Å². The highest BCUT2D eigenvalue weighted by Crippen LogP contribution is 2.19. The van der Waals surface area contributed by atoms with Crippen LogP contribution in [-0.4, -0.2) is 54.1 Å². The number of urea groups is 1. The largest absolute Gasteiger partial charge is 0.480 e. The monoisotopic (exact) mass is 273 g/mol. The summed E-state index contributed by atoms with van der Waals surface area (Å²) in [5, 5.41) is 14.0. The van der Waals surface area contributed by atoms with Gasteiger partial charge < -0.3 is 20.6 Å². The van der Waals surface area contributed by atoms with Gasteiger partial charge in [0, 0.05) is 13.6 Å². The molecule has 3 N–H and O–H groups in total. The quantitative estimate of drug-likeness (QED) is 0.669. The first kappa shape index (κ1) is 17.2.